The topological polar surface area (TPSA) is 108 Å². The normalized spacial score (nSPS) is 13.8. The quantitative estimate of drug-likeness (QED) is 0.602. The Kier molecular flexibility index (Phi) is 6.59. The molecule has 0 fully saturated rings. The summed E-state index contributed by atoms with van der Waals surface area (Å²) >= 11 is 6.06. The lowest BCUT2D eigenvalue weighted by atomic mass is 10.1. The number of halogens is 1. The summed E-state index contributed by atoms with van der Waals surface area (Å²) in [4.78, 5) is 37.9. The van der Waals surface area contributed by atoms with Crippen molar-refractivity contribution in [2.75, 3.05) is 38.7 Å². The fourth-order valence-corrected chi connectivity index (χ4v) is 2.73. The van der Waals surface area contributed by atoms with E-state index in [9.17, 15) is 14.4 Å². The first-order valence-corrected chi connectivity index (χ1v) is 8.37. The van der Waals surface area contributed by atoms with Crippen LogP contribution in [0, 0.1) is 0 Å². The van der Waals surface area contributed by atoms with Gasteiger partial charge in [0.15, 0.2) is 0 Å². The number of β-amino-alcohol motifs (C(OH)–C–C–N with tert-alkyl or cyclic N) is 1. The Morgan fingerprint density at radius 3 is 2.73 bits per heavy atom. The summed E-state index contributed by atoms with van der Waals surface area (Å²) in [5.41, 5.74) is 0.873. The van der Waals surface area contributed by atoms with Crippen LogP contribution in [0.2, 0.25) is 5.02 Å². The van der Waals surface area contributed by atoms with Gasteiger partial charge in [0.25, 0.3) is 11.8 Å². The Morgan fingerprint density at radius 1 is 1.38 bits per heavy atom. The minimum Gasteiger partial charge on any atom is -0.466 e. The third-order valence-corrected chi connectivity index (χ3v) is 4.10. The van der Waals surface area contributed by atoms with Gasteiger partial charge in [-0.3, -0.25) is 9.59 Å². The molecule has 0 spiro atoms. The van der Waals surface area contributed by atoms with Crippen LogP contribution in [0.4, 0.5) is 5.69 Å². The van der Waals surface area contributed by atoms with E-state index in [0.29, 0.717) is 12.2 Å². The highest BCUT2D eigenvalue weighted by molar-refractivity contribution is 6.34. The van der Waals surface area contributed by atoms with E-state index in [-0.39, 0.29) is 47.5 Å². The average molecular weight is 382 g/mol. The van der Waals surface area contributed by atoms with Crippen molar-refractivity contribution in [3.8, 4) is 0 Å². The lowest BCUT2D eigenvalue weighted by Crippen LogP contribution is -2.31. The molecule has 2 amide bonds. The minimum atomic E-state index is -0.640. The number of carbonyl (C=O) groups is 3. The number of methoxy groups -OCH3 is 1. The maximum atomic E-state index is 12.5. The molecule has 1 heterocycles. The molecule has 1 aliphatic rings. The van der Waals surface area contributed by atoms with Gasteiger partial charge in [0, 0.05) is 18.8 Å². The molecule has 2 rings (SSSR count). The van der Waals surface area contributed by atoms with Crippen LogP contribution >= 0.6 is 11.6 Å². The Bertz CT molecular complexity index is 763. The molecule has 1 aliphatic heterocycles. The predicted molar refractivity (Wildman–Crippen MR) is 95.8 cm³/mol. The van der Waals surface area contributed by atoms with E-state index in [1.54, 1.807) is 13.0 Å². The van der Waals surface area contributed by atoms with Gasteiger partial charge in [-0.15, -0.1) is 0 Å². The molecule has 9 heteroatoms. The smallest absolute Gasteiger partial charge is 0.337 e. The van der Waals surface area contributed by atoms with Gasteiger partial charge in [0.1, 0.15) is 5.70 Å². The number of hydrogen-bond donors (Lipinski definition) is 3. The zero-order valence-electron chi connectivity index (χ0n) is 14.5. The van der Waals surface area contributed by atoms with Crippen LogP contribution in [0.1, 0.15) is 17.3 Å². The minimum absolute atomic E-state index is 0.0329. The zero-order valence-corrected chi connectivity index (χ0v) is 15.2. The molecule has 0 atom stereocenters. The van der Waals surface area contributed by atoms with Gasteiger partial charge in [-0.25, -0.2) is 4.79 Å². The molecular weight excluding hydrogens is 362 g/mol. The molecule has 0 saturated carbocycles. The fraction of sp³-hybridized carbons (Fsp3) is 0.353. The standard InChI is InChI=1S/C17H20ClN3O5/c1-3-19-15(23)11-8-10(4-5-13(11)18)20-14-12(17(25)26-2)9-21(6-7-22)16(14)24/h4-5,8,20,22H,3,6-7,9H2,1-2H3,(H,19,23). The molecule has 1 aromatic rings. The van der Waals surface area contributed by atoms with Gasteiger partial charge < -0.3 is 25.4 Å². The zero-order chi connectivity index (χ0) is 19.3. The van der Waals surface area contributed by atoms with Gasteiger partial charge in [-0.2, -0.15) is 0 Å². The van der Waals surface area contributed by atoms with Crippen molar-refractivity contribution in [2.45, 2.75) is 6.92 Å². The largest absolute Gasteiger partial charge is 0.466 e. The molecule has 0 bridgehead atoms. The second-order valence-corrected chi connectivity index (χ2v) is 5.88. The molecule has 0 aliphatic carbocycles. The maximum absolute atomic E-state index is 12.5. The van der Waals surface area contributed by atoms with Crippen LogP contribution in [-0.4, -0.2) is 61.1 Å². The average Bonchev–Trinajstić information content (AvgIpc) is 2.92. The molecule has 8 nitrogen and oxygen atoms in total. The van der Waals surface area contributed by atoms with Crippen LogP contribution in [0.25, 0.3) is 0 Å². The Labute approximate surface area is 155 Å². The summed E-state index contributed by atoms with van der Waals surface area (Å²) in [6.45, 7) is 2.13. The summed E-state index contributed by atoms with van der Waals surface area (Å²) < 4.78 is 4.73. The number of rotatable bonds is 7. The molecule has 26 heavy (non-hydrogen) atoms. The number of nitrogens with one attached hydrogen (secondary N) is 2. The van der Waals surface area contributed by atoms with Gasteiger partial charge in [0.05, 0.1) is 36.4 Å². The molecule has 0 unspecified atom stereocenters. The van der Waals surface area contributed by atoms with Gasteiger partial charge >= 0.3 is 5.97 Å². The number of carbonyl (C=O) groups excluding carboxylic acids is 3. The van der Waals surface area contributed by atoms with Crippen molar-refractivity contribution >= 4 is 35.1 Å². The van der Waals surface area contributed by atoms with E-state index in [1.807, 2.05) is 0 Å². The third kappa shape index (κ3) is 4.14. The maximum Gasteiger partial charge on any atom is 0.337 e. The Balaban J connectivity index is 2.34. The third-order valence-electron chi connectivity index (χ3n) is 3.77. The molecule has 0 radical (unpaired) electrons. The van der Waals surface area contributed by atoms with Crippen LogP contribution in [0.5, 0.6) is 0 Å². The van der Waals surface area contributed by atoms with E-state index in [2.05, 4.69) is 10.6 Å². The van der Waals surface area contributed by atoms with Crippen molar-refractivity contribution < 1.29 is 24.2 Å². The summed E-state index contributed by atoms with van der Waals surface area (Å²) in [5.74, 6) is -1.42. The summed E-state index contributed by atoms with van der Waals surface area (Å²) in [5, 5.41) is 14.9. The number of hydrogen-bond acceptors (Lipinski definition) is 6. The number of nitrogens with zero attached hydrogens (tertiary/aromatic N) is 1. The van der Waals surface area contributed by atoms with Crippen molar-refractivity contribution in [3.63, 3.8) is 0 Å². The number of amides is 2. The molecular formula is C17H20ClN3O5. The summed E-state index contributed by atoms with van der Waals surface area (Å²) in [6.07, 6.45) is 0. The van der Waals surface area contributed by atoms with E-state index in [1.165, 1.54) is 24.1 Å². The Hall–Kier alpha value is -2.58. The fourth-order valence-electron chi connectivity index (χ4n) is 2.53. The Morgan fingerprint density at radius 2 is 2.12 bits per heavy atom. The molecule has 0 aromatic heterocycles. The SMILES string of the molecule is CCNC(=O)c1cc(NC2=C(C(=O)OC)CN(CCO)C2=O)ccc1Cl. The van der Waals surface area contributed by atoms with E-state index >= 15 is 0 Å². The molecule has 3 N–H and O–H groups in total. The molecule has 0 saturated heterocycles. The number of ether oxygens (including phenoxy) is 1. The number of benzene rings is 1. The lowest BCUT2D eigenvalue weighted by molar-refractivity contribution is -0.136. The highest BCUT2D eigenvalue weighted by atomic mass is 35.5. The van der Waals surface area contributed by atoms with Crippen molar-refractivity contribution in [3.05, 3.63) is 40.1 Å². The van der Waals surface area contributed by atoms with E-state index in [4.69, 9.17) is 21.4 Å². The van der Waals surface area contributed by atoms with Crippen molar-refractivity contribution in [1.82, 2.24) is 10.2 Å². The first-order valence-electron chi connectivity index (χ1n) is 7.99. The molecule has 1 aromatic carbocycles. The number of anilines is 1. The predicted octanol–water partition coefficient (Wildman–Crippen LogP) is 0.763. The van der Waals surface area contributed by atoms with Gasteiger partial charge in [-0.1, -0.05) is 11.6 Å². The first kappa shape index (κ1) is 19.7. The monoisotopic (exact) mass is 381 g/mol. The number of aliphatic hydroxyl groups is 1. The van der Waals surface area contributed by atoms with Crippen LogP contribution < -0.4 is 10.6 Å². The van der Waals surface area contributed by atoms with Crippen molar-refractivity contribution in [1.29, 1.82) is 0 Å². The highest BCUT2D eigenvalue weighted by Crippen LogP contribution is 2.25. The van der Waals surface area contributed by atoms with Gasteiger partial charge in [-0.05, 0) is 25.1 Å². The lowest BCUT2D eigenvalue weighted by Gasteiger charge is -2.15. The second-order valence-electron chi connectivity index (χ2n) is 5.47. The van der Waals surface area contributed by atoms with Gasteiger partial charge in [0.2, 0.25) is 0 Å². The summed E-state index contributed by atoms with van der Waals surface area (Å²) in [7, 11) is 1.22. The molecule has 140 valence electrons. The van der Waals surface area contributed by atoms with Crippen LogP contribution in [0.3, 0.4) is 0 Å². The van der Waals surface area contributed by atoms with E-state index in [0.717, 1.165) is 0 Å². The van der Waals surface area contributed by atoms with Crippen LogP contribution in [0.15, 0.2) is 29.5 Å². The second kappa shape index (κ2) is 8.68. The number of esters is 1. The number of aliphatic hydroxyl groups excluding tert-OH is 1. The first-order chi connectivity index (χ1) is 12.4. The van der Waals surface area contributed by atoms with Crippen molar-refractivity contribution in [2.24, 2.45) is 0 Å². The highest BCUT2D eigenvalue weighted by Gasteiger charge is 2.34. The van der Waals surface area contributed by atoms with Crippen LogP contribution in [-0.2, 0) is 14.3 Å². The summed E-state index contributed by atoms with van der Waals surface area (Å²) in [6, 6.07) is 4.61. The van der Waals surface area contributed by atoms with E-state index < -0.39 is 11.9 Å².